The summed E-state index contributed by atoms with van der Waals surface area (Å²) in [6.45, 7) is 8.76. The van der Waals surface area contributed by atoms with E-state index in [0.29, 0.717) is 6.04 Å². The van der Waals surface area contributed by atoms with Gasteiger partial charge in [-0.3, -0.25) is 0 Å². The van der Waals surface area contributed by atoms with Gasteiger partial charge >= 0.3 is 0 Å². The van der Waals surface area contributed by atoms with Gasteiger partial charge in [0.15, 0.2) is 0 Å². The van der Waals surface area contributed by atoms with Gasteiger partial charge in [0, 0.05) is 10.9 Å². The Hall–Kier alpha value is -1.19. The molecule has 21 heavy (non-hydrogen) atoms. The van der Waals surface area contributed by atoms with E-state index in [9.17, 15) is 0 Å². The van der Waals surface area contributed by atoms with Crippen molar-refractivity contribution < 1.29 is 0 Å². The van der Waals surface area contributed by atoms with Crippen LogP contribution in [0.3, 0.4) is 0 Å². The second kappa shape index (κ2) is 5.54. The van der Waals surface area contributed by atoms with E-state index in [1.807, 2.05) is 11.3 Å². The lowest BCUT2D eigenvalue weighted by Crippen LogP contribution is -2.49. The van der Waals surface area contributed by atoms with Crippen LogP contribution in [0.4, 0.5) is 0 Å². The Balaban J connectivity index is 2.03. The molecule has 0 fully saturated rings. The normalized spacial score (nSPS) is 21.6. The fourth-order valence-corrected chi connectivity index (χ4v) is 4.43. The topological polar surface area (TPSA) is 24.9 Å². The second-order valence-corrected chi connectivity index (χ2v) is 7.69. The Morgan fingerprint density at radius 3 is 2.52 bits per heavy atom. The fourth-order valence-electron chi connectivity index (χ4n) is 3.33. The van der Waals surface area contributed by atoms with Crippen LogP contribution in [0.2, 0.25) is 0 Å². The van der Waals surface area contributed by atoms with E-state index in [1.54, 1.807) is 0 Å². The molecule has 1 aliphatic carbocycles. The lowest BCUT2D eigenvalue weighted by Gasteiger charge is -2.39. The average Bonchev–Trinajstić information content (AvgIpc) is 2.78. The van der Waals surface area contributed by atoms with Crippen molar-refractivity contribution in [1.82, 2.24) is 10.3 Å². The van der Waals surface area contributed by atoms with E-state index in [-0.39, 0.29) is 5.54 Å². The van der Waals surface area contributed by atoms with Crippen LogP contribution in [0, 0.1) is 13.8 Å². The molecule has 0 radical (unpaired) electrons. The Labute approximate surface area is 131 Å². The molecule has 1 aromatic heterocycles. The standard InChI is InChI=1S/C18H24N2S/c1-12(2)20-18(17-19-13(3)14(4)21-17)10-9-15-7-5-6-8-16(15)11-18/h5-8,12,20H,9-11H2,1-4H3. The zero-order valence-corrected chi connectivity index (χ0v) is 14.2. The lowest BCUT2D eigenvalue weighted by molar-refractivity contribution is 0.267. The minimum atomic E-state index is 0.00616. The van der Waals surface area contributed by atoms with Crippen molar-refractivity contribution in [3.05, 3.63) is 51.0 Å². The number of nitrogens with zero attached hydrogens (tertiary/aromatic N) is 1. The quantitative estimate of drug-likeness (QED) is 0.921. The first-order valence-electron chi connectivity index (χ1n) is 7.79. The van der Waals surface area contributed by atoms with Crippen LogP contribution in [0.1, 0.15) is 47.0 Å². The first-order chi connectivity index (χ1) is 10.00. The highest BCUT2D eigenvalue weighted by Gasteiger charge is 2.39. The largest absolute Gasteiger partial charge is 0.303 e. The molecule has 2 nitrogen and oxygen atoms in total. The number of rotatable bonds is 3. The summed E-state index contributed by atoms with van der Waals surface area (Å²) in [5.41, 5.74) is 4.16. The van der Waals surface area contributed by atoms with Gasteiger partial charge in [0.1, 0.15) is 5.01 Å². The number of thiazole rings is 1. The van der Waals surface area contributed by atoms with E-state index in [4.69, 9.17) is 4.98 Å². The van der Waals surface area contributed by atoms with Crippen LogP contribution in [-0.2, 0) is 18.4 Å². The zero-order valence-electron chi connectivity index (χ0n) is 13.4. The van der Waals surface area contributed by atoms with Crippen LogP contribution in [0.15, 0.2) is 24.3 Å². The van der Waals surface area contributed by atoms with Gasteiger partial charge in [0.2, 0.25) is 0 Å². The minimum absolute atomic E-state index is 0.00616. The van der Waals surface area contributed by atoms with Gasteiger partial charge in [0.05, 0.1) is 11.2 Å². The van der Waals surface area contributed by atoms with Gasteiger partial charge in [-0.05, 0) is 58.1 Å². The first kappa shape index (κ1) is 14.7. The summed E-state index contributed by atoms with van der Waals surface area (Å²) >= 11 is 1.86. The average molecular weight is 300 g/mol. The summed E-state index contributed by atoms with van der Waals surface area (Å²) in [7, 11) is 0. The van der Waals surface area contributed by atoms with Gasteiger partial charge in [-0.15, -0.1) is 11.3 Å². The molecule has 3 heteroatoms. The molecule has 0 spiro atoms. The molecule has 0 saturated carbocycles. The van der Waals surface area contributed by atoms with Crippen molar-refractivity contribution >= 4 is 11.3 Å². The van der Waals surface area contributed by atoms with Crippen LogP contribution in [0.25, 0.3) is 0 Å². The zero-order chi connectivity index (χ0) is 15.0. The highest BCUT2D eigenvalue weighted by molar-refractivity contribution is 7.11. The second-order valence-electron chi connectivity index (χ2n) is 6.49. The fraction of sp³-hybridized carbons (Fsp3) is 0.500. The molecule has 1 unspecified atom stereocenters. The molecule has 0 bridgehead atoms. The number of benzene rings is 1. The van der Waals surface area contributed by atoms with Crippen LogP contribution in [-0.4, -0.2) is 11.0 Å². The van der Waals surface area contributed by atoms with Gasteiger partial charge < -0.3 is 5.32 Å². The number of hydrogen-bond donors (Lipinski definition) is 1. The molecule has 3 rings (SSSR count). The summed E-state index contributed by atoms with van der Waals surface area (Å²) in [6.07, 6.45) is 3.32. The summed E-state index contributed by atoms with van der Waals surface area (Å²) in [5, 5.41) is 5.11. The lowest BCUT2D eigenvalue weighted by atomic mass is 9.78. The van der Waals surface area contributed by atoms with Crippen LogP contribution >= 0.6 is 11.3 Å². The Kier molecular flexibility index (Phi) is 3.89. The predicted molar refractivity (Wildman–Crippen MR) is 90.0 cm³/mol. The molecule has 0 aliphatic heterocycles. The van der Waals surface area contributed by atoms with E-state index in [0.717, 1.165) is 19.3 Å². The van der Waals surface area contributed by atoms with Crippen molar-refractivity contribution in [2.45, 2.75) is 58.5 Å². The van der Waals surface area contributed by atoms with Gasteiger partial charge in [-0.1, -0.05) is 24.3 Å². The van der Waals surface area contributed by atoms with Crippen LogP contribution in [0.5, 0.6) is 0 Å². The third-order valence-electron chi connectivity index (χ3n) is 4.43. The molecule has 112 valence electrons. The molecular weight excluding hydrogens is 276 g/mol. The molecular formula is C18H24N2S. The Bertz CT molecular complexity index is 625. The molecule has 1 aromatic carbocycles. The SMILES string of the molecule is Cc1nc(C2(NC(C)C)CCc3ccccc3C2)sc1C. The summed E-state index contributed by atoms with van der Waals surface area (Å²) < 4.78 is 0. The third kappa shape index (κ3) is 2.77. The maximum absolute atomic E-state index is 4.89. The van der Waals surface area contributed by atoms with Crippen molar-refractivity contribution in [3.8, 4) is 0 Å². The molecule has 1 heterocycles. The van der Waals surface area contributed by atoms with E-state index < -0.39 is 0 Å². The van der Waals surface area contributed by atoms with Crippen molar-refractivity contribution in [2.24, 2.45) is 0 Å². The number of aromatic nitrogens is 1. The molecule has 1 aliphatic rings. The maximum atomic E-state index is 4.89. The third-order valence-corrected chi connectivity index (χ3v) is 5.71. The minimum Gasteiger partial charge on any atom is -0.303 e. The van der Waals surface area contributed by atoms with Gasteiger partial charge in [-0.2, -0.15) is 0 Å². The van der Waals surface area contributed by atoms with Crippen LogP contribution < -0.4 is 5.32 Å². The molecule has 1 N–H and O–H groups in total. The smallest absolute Gasteiger partial charge is 0.114 e. The number of nitrogens with one attached hydrogen (secondary N) is 1. The van der Waals surface area contributed by atoms with Crippen molar-refractivity contribution in [3.63, 3.8) is 0 Å². The summed E-state index contributed by atoms with van der Waals surface area (Å²) in [6, 6.07) is 9.31. The number of hydrogen-bond acceptors (Lipinski definition) is 3. The molecule has 0 amide bonds. The Morgan fingerprint density at radius 2 is 1.90 bits per heavy atom. The van der Waals surface area contributed by atoms with Crippen molar-refractivity contribution in [1.29, 1.82) is 0 Å². The van der Waals surface area contributed by atoms with Gasteiger partial charge in [0.25, 0.3) is 0 Å². The molecule has 0 saturated heterocycles. The maximum Gasteiger partial charge on any atom is 0.114 e. The van der Waals surface area contributed by atoms with Gasteiger partial charge in [-0.25, -0.2) is 4.98 Å². The molecule has 1 atom stereocenters. The van der Waals surface area contributed by atoms with E-state index >= 15 is 0 Å². The predicted octanol–water partition coefficient (Wildman–Crippen LogP) is 4.14. The Morgan fingerprint density at radius 1 is 1.19 bits per heavy atom. The van der Waals surface area contributed by atoms with Crippen molar-refractivity contribution in [2.75, 3.05) is 0 Å². The summed E-state index contributed by atoms with van der Waals surface area (Å²) in [4.78, 5) is 6.23. The molecule has 2 aromatic rings. The highest BCUT2D eigenvalue weighted by Crippen LogP contribution is 2.39. The number of fused-ring (bicyclic) bond motifs is 1. The van der Waals surface area contributed by atoms with E-state index in [1.165, 1.54) is 26.7 Å². The highest BCUT2D eigenvalue weighted by atomic mass is 32.1. The van der Waals surface area contributed by atoms with E-state index in [2.05, 4.69) is 57.3 Å². The number of aryl methyl sites for hydroxylation is 3. The monoisotopic (exact) mass is 300 g/mol. The summed E-state index contributed by atoms with van der Waals surface area (Å²) in [5.74, 6) is 0. The first-order valence-corrected chi connectivity index (χ1v) is 8.61.